The Morgan fingerprint density at radius 2 is 1.57 bits per heavy atom. The van der Waals surface area contributed by atoms with E-state index in [-0.39, 0.29) is 17.6 Å². The molecule has 2 N–H and O–H groups in total. The van der Waals surface area contributed by atoms with Crippen LogP contribution in [-0.2, 0) is 0 Å². The van der Waals surface area contributed by atoms with Gasteiger partial charge in [-0.15, -0.1) is 0 Å². The molecule has 0 radical (unpaired) electrons. The third kappa shape index (κ3) is 8.89. The lowest BCUT2D eigenvalue weighted by Gasteiger charge is -2.36. The number of hydrogen-bond donors (Lipinski definition) is 2. The van der Waals surface area contributed by atoms with E-state index in [1.54, 1.807) is 0 Å². The second kappa shape index (κ2) is 12.8. The number of aliphatic hydroxyl groups excluding tert-OH is 2. The third-order valence-corrected chi connectivity index (χ3v) is 9.82. The van der Waals surface area contributed by atoms with Crippen molar-refractivity contribution in [1.82, 2.24) is 0 Å². The molecule has 30 heavy (non-hydrogen) atoms. The molecule has 6 unspecified atom stereocenters. The van der Waals surface area contributed by atoms with Crippen LogP contribution in [0.4, 0.5) is 0 Å². The highest BCUT2D eigenvalue weighted by Gasteiger charge is 2.32. The highest BCUT2D eigenvalue weighted by atomic mass is 127. The van der Waals surface area contributed by atoms with Gasteiger partial charge in [0, 0.05) is 3.92 Å². The van der Waals surface area contributed by atoms with Crippen LogP contribution < -0.4 is 0 Å². The van der Waals surface area contributed by atoms with Crippen molar-refractivity contribution in [1.29, 1.82) is 0 Å². The van der Waals surface area contributed by atoms with Gasteiger partial charge in [-0.25, -0.2) is 0 Å². The van der Waals surface area contributed by atoms with Crippen LogP contribution in [0.1, 0.15) is 118 Å². The number of alkyl halides is 1. The summed E-state index contributed by atoms with van der Waals surface area (Å²) < 4.78 is 0.813. The van der Waals surface area contributed by atoms with E-state index in [4.69, 9.17) is 0 Å². The van der Waals surface area contributed by atoms with Crippen LogP contribution in [-0.4, -0.2) is 26.3 Å². The van der Waals surface area contributed by atoms with E-state index in [0.717, 1.165) is 35.0 Å². The van der Waals surface area contributed by atoms with Gasteiger partial charge >= 0.3 is 0 Å². The van der Waals surface area contributed by atoms with Gasteiger partial charge in [0.15, 0.2) is 0 Å². The Labute approximate surface area is 201 Å². The van der Waals surface area contributed by atoms with Gasteiger partial charge in [-0.1, -0.05) is 82.9 Å². The molecule has 6 atom stereocenters. The molecule has 3 heteroatoms. The highest BCUT2D eigenvalue weighted by Crippen LogP contribution is 2.39. The molecule has 0 aromatic rings. The Hall–Kier alpha value is 0.650. The Balaban J connectivity index is 1.74. The molecule has 0 amide bonds. The Morgan fingerprint density at radius 1 is 0.933 bits per heavy atom. The second-order valence-electron chi connectivity index (χ2n) is 12.0. The first-order chi connectivity index (χ1) is 14.1. The minimum absolute atomic E-state index is 0.134. The summed E-state index contributed by atoms with van der Waals surface area (Å²) in [5.74, 6) is 2.97. The quantitative estimate of drug-likeness (QED) is 0.210. The van der Waals surface area contributed by atoms with E-state index in [9.17, 15) is 10.2 Å². The average molecular weight is 535 g/mol. The lowest BCUT2D eigenvalue weighted by atomic mass is 9.72. The van der Waals surface area contributed by atoms with Crippen molar-refractivity contribution < 1.29 is 10.2 Å². The Kier molecular flexibility index (Phi) is 11.5. The predicted octanol–water partition coefficient (Wildman–Crippen LogP) is 7.78. The number of rotatable bonds is 11. The van der Waals surface area contributed by atoms with Crippen LogP contribution in [0.25, 0.3) is 0 Å². The highest BCUT2D eigenvalue weighted by molar-refractivity contribution is 14.1. The molecular formula is C27H51IO2. The third-order valence-electron chi connectivity index (χ3n) is 8.58. The number of halogens is 1. The fourth-order valence-corrected chi connectivity index (χ4v) is 7.26. The van der Waals surface area contributed by atoms with Crippen molar-refractivity contribution in [3.05, 3.63) is 0 Å². The Bertz CT molecular complexity index is 471. The molecule has 0 heterocycles. The minimum Gasteiger partial charge on any atom is -0.393 e. The summed E-state index contributed by atoms with van der Waals surface area (Å²) in [6.07, 6.45) is 15.7. The monoisotopic (exact) mass is 534 g/mol. The standard InChI is InChI=1S/C27H51IO2/c1-6-21-8-7-9-22(17-21)16-19(2)26(30)20(3)18-27(4,5)15-14-25(29)23-10-12-24(28)13-11-23/h19-26,29-30H,6-18H2,1-5H3. The number of aliphatic hydroxyl groups is 2. The van der Waals surface area contributed by atoms with E-state index in [0.29, 0.717) is 17.8 Å². The molecule has 178 valence electrons. The summed E-state index contributed by atoms with van der Waals surface area (Å²) in [5.41, 5.74) is 0.180. The van der Waals surface area contributed by atoms with E-state index in [1.807, 2.05) is 0 Å². The van der Waals surface area contributed by atoms with Crippen LogP contribution >= 0.6 is 22.6 Å². The van der Waals surface area contributed by atoms with E-state index in [1.165, 1.54) is 64.2 Å². The molecule has 0 aromatic carbocycles. The second-order valence-corrected chi connectivity index (χ2v) is 13.7. The molecule has 0 saturated heterocycles. The first-order valence-corrected chi connectivity index (χ1v) is 14.4. The molecule has 2 fully saturated rings. The maximum atomic E-state index is 11.1. The van der Waals surface area contributed by atoms with Crippen molar-refractivity contribution >= 4 is 22.6 Å². The smallest absolute Gasteiger partial charge is 0.0591 e. The normalized spacial score (nSPS) is 32.4. The van der Waals surface area contributed by atoms with Gasteiger partial charge in [-0.05, 0) is 92.8 Å². The molecule has 0 bridgehead atoms. The van der Waals surface area contributed by atoms with Crippen molar-refractivity contribution in [3.8, 4) is 0 Å². The van der Waals surface area contributed by atoms with Crippen LogP contribution in [0.15, 0.2) is 0 Å². The molecule has 0 aliphatic heterocycles. The maximum absolute atomic E-state index is 11.1. The first kappa shape index (κ1) is 26.9. The van der Waals surface area contributed by atoms with Gasteiger partial charge in [0.1, 0.15) is 0 Å². The maximum Gasteiger partial charge on any atom is 0.0591 e. The van der Waals surface area contributed by atoms with Crippen molar-refractivity contribution in [2.45, 2.75) is 134 Å². The molecule has 0 spiro atoms. The first-order valence-electron chi connectivity index (χ1n) is 13.1. The lowest BCUT2D eigenvalue weighted by Crippen LogP contribution is -2.32. The fraction of sp³-hybridized carbons (Fsp3) is 1.00. The zero-order valence-electron chi connectivity index (χ0n) is 20.6. The van der Waals surface area contributed by atoms with Gasteiger partial charge in [0.05, 0.1) is 12.2 Å². The molecule has 2 rings (SSSR count). The molecule has 2 nitrogen and oxygen atoms in total. The van der Waals surface area contributed by atoms with Crippen LogP contribution in [0, 0.1) is 35.0 Å². The molecule has 2 aliphatic rings. The summed E-state index contributed by atoms with van der Waals surface area (Å²) in [4.78, 5) is 0. The minimum atomic E-state index is -0.199. The van der Waals surface area contributed by atoms with Gasteiger partial charge in [-0.3, -0.25) is 0 Å². The van der Waals surface area contributed by atoms with Crippen molar-refractivity contribution in [3.63, 3.8) is 0 Å². The van der Waals surface area contributed by atoms with Crippen molar-refractivity contribution in [2.75, 3.05) is 0 Å². The zero-order chi connectivity index (χ0) is 22.3. The predicted molar refractivity (Wildman–Crippen MR) is 138 cm³/mol. The van der Waals surface area contributed by atoms with Crippen LogP contribution in [0.3, 0.4) is 0 Å². The van der Waals surface area contributed by atoms with Crippen LogP contribution in [0.2, 0.25) is 0 Å². The molecular weight excluding hydrogens is 483 g/mol. The molecule has 2 saturated carbocycles. The average Bonchev–Trinajstić information content (AvgIpc) is 2.71. The lowest BCUT2D eigenvalue weighted by molar-refractivity contribution is 0.0225. The summed E-state index contributed by atoms with van der Waals surface area (Å²) in [6.45, 7) is 11.5. The number of hydrogen-bond acceptors (Lipinski definition) is 2. The van der Waals surface area contributed by atoms with E-state index in [2.05, 4.69) is 57.2 Å². The van der Waals surface area contributed by atoms with Gasteiger partial charge in [0.25, 0.3) is 0 Å². The largest absolute Gasteiger partial charge is 0.393 e. The summed E-state index contributed by atoms with van der Waals surface area (Å²) in [6, 6.07) is 0. The van der Waals surface area contributed by atoms with Gasteiger partial charge < -0.3 is 10.2 Å². The van der Waals surface area contributed by atoms with E-state index < -0.39 is 0 Å². The SMILES string of the molecule is CCC1CCCC(CC(C)C(O)C(C)CC(C)(C)CCC(O)C2CCC(I)CC2)C1. The zero-order valence-corrected chi connectivity index (χ0v) is 22.7. The topological polar surface area (TPSA) is 40.5 Å². The van der Waals surface area contributed by atoms with Crippen LogP contribution in [0.5, 0.6) is 0 Å². The fourth-order valence-electron chi connectivity index (χ4n) is 6.55. The molecule has 2 aliphatic carbocycles. The van der Waals surface area contributed by atoms with Crippen molar-refractivity contribution in [2.24, 2.45) is 35.0 Å². The molecule has 0 aromatic heterocycles. The summed E-state index contributed by atoms with van der Waals surface area (Å²) in [5, 5.41) is 21.8. The van der Waals surface area contributed by atoms with Gasteiger partial charge in [0.2, 0.25) is 0 Å². The summed E-state index contributed by atoms with van der Waals surface area (Å²) in [7, 11) is 0. The van der Waals surface area contributed by atoms with E-state index >= 15 is 0 Å². The van der Waals surface area contributed by atoms with Gasteiger partial charge in [-0.2, -0.15) is 0 Å². The Morgan fingerprint density at radius 3 is 2.20 bits per heavy atom. The summed E-state index contributed by atoms with van der Waals surface area (Å²) >= 11 is 2.56.